The van der Waals surface area contributed by atoms with Crippen molar-refractivity contribution in [3.05, 3.63) is 0 Å². The number of unbranched alkanes of at least 4 members (excludes halogenated alkanes) is 1. The molecule has 0 bridgehead atoms. The third kappa shape index (κ3) is 6.21. The SMILES string of the molecule is CNCCCCS(=O)(=O)N(C)CC1CCN(C)CC1. The van der Waals surface area contributed by atoms with Gasteiger partial charge in [0.2, 0.25) is 10.0 Å². The van der Waals surface area contributed by atoms with Crippen LogP contribution < -0.4 is 5.32 Å². The Labute approximate surface area is 118 Å². The second kappa shape index (κ2) is 8.19. The van der Waals surface area contributed by atoms with Crippen molar-refractivity contribution in [2.75, 3.05) is 53.1 Å². The van der Waals surface area contributed by atoms with E-state index in [9.17, 15) is 8.42 Å². The number of hydrogen-bond acceptors (Lipinski definition) is 4. The average molecular weight is 291 g/mol. The first kappa shape index (κ1) is 16.9. The Balaban J connectivity index is 2.32. The van der Waals surface area contributed by atoms with Crippen LogP contribution in [0.25, 0.3) is 0 Å². The van der Waals surface area contributed by atoms with Gasteiger partial charge in [-0.2, -0.15) is 0 Å². The Morgan fingerprint density at radius 1 is 1.26 bits per heavy atom. The van der Waals surface area contributed by atoms with Crippen LogP contribution in [-0.2, 0) is 10.0 Å². The number of likely N-dealkylation sites (tertiary alicyclic amines) is 1. The molecule has 1 saturated heterocycles. The lowest BCUT2D eigenvalue weighted by atomic mass is 9.97. The Morgan fingerprint density at radius 3 is 2.47 bits per heavy atom. The number of piperidine rings is 1. The molecule has 0 aromatic heterocycles. The molecular formula is C13H29N3O2S. The van der Waals surface area contributed by atoms with Crippen LogP contribution in [0.15, 0.2) is 0 Å². The van der Waals surface area contributed by atoms with Crippen LogP contribution >= 0.6 is 0 Å². The van der Waals surface area contributed by atoms with Crippen LogP contribution in [0.5, 0.6) is 0 Å². The smallest absolute Gasteiger partial charge is 0.213 e. The van der Waals surface area contributed by atoms with Crippen LogP contribution in [0.3, 0.4) is 0 Å². The van der Waals surface area contributed by atoms with Crippen LogP contribution in [0.4, 0.5) is 0 Å². The van der Waals surface area contributed by atoms with Crippen LogP contribution in [0.2, 0.25) is 0 Å². The summed E-state index contributed by atoms with van der Waals surface area (Å²) >= 11 is 0. The highest BCUT2D eigenvalue weighted by atomic mass is 32.2. The van der Waals surface area contributed by atoms with Gasteiger partial charge in [-0.25, -0.2) is 12.7 Å². The summed E-state index contributed by atoms with van der Waals surface area (Å²) in [4.78, 5) is 2.31. The second-order valence-electron chi connectivity index (χ2n) is 5.65. The fourth-order valence-corrected chi connectivity index (χ4v) is 3.78. The summed E-state index contributed by atoms with van der Waals surface area (Å²) < 4.78 is 25.8. The van der Waals surface area contributed by atoms with Crippen molar-refractivity contribution in [3.63, 3.8) is 0 Å². The van der Waals surface area contributed by atoms with Crippen molar-refractivity contribution in [2.45, 2.75) is 25.7 Å². The van der Waals surface area contributed by atoms with Gasteiger partial charge in [-0.15, -0.1) is 0 Å². The molecule has 0 unspecified atom stereocenters. The number of hydrogen-bond donors (Lipinski definition) is 1. The maximum atomic E-state index is 12.1. The highest BCUT2D eigenvalue weighted by molar-refractivity contribution is 7.89. The third-order valence-corrected chi connectivity index (χ3v) is 5.81. The van der Waals surface area contributed by atoms with E-state index >= 15 is 0 Å². The monoisotopic (exact) mass is 291 g/mol. The molecule has 114 valence electrons. The van der Waals surface area contributed by atoms with E-state index in [4.69, 9.17) is 0 Å². The first-order valence-electron chi connectivity index (χ1n) is 7.23. The second-order valence-corrected chi connectivity index (χ2v) is 7.85. The molecule has 0 atom stereocenters. The first-order valence-corrected chi connectivity index (χ1v) is 8.84. The zero-order chi connectivity index (χ0) is 14.3. The van der Waals surface area contributed by atoms with Crippen molar-refractivity contribution in [1.29, 1.82) is 0 Å². The predicted octanol–water partition coefficient (Wildman–Crippen LogP) is 0.589. The lowest BCUT2D eigenvalue weighted by molar-refractivity contribution is 0.202. The van der Waals surface area contributed by atoms with E-state index in [0.717, 1.165) is 45.3 Å². The molecule has 0 saturated carbocycles. The maximum absolute atomic E-state index is 12.1. The Bertz CT molecular complexity index is 338. The van der Waals surface area contributed by atoms with Gasteiger partial charge in [-0.3, -0.25) is 0 Å². The molecule has 0 aromatic carbocycles. The van der Waals surface area contributed by atoms with Gasteiger partial charge in [0.05, 0.1) is 5.75 Å². The summed E-state index contributed by atoms with van der Waals surface area (Å²) in [6.07, 6.45) is 3.87. The van der Waals surface area contributed by atoms with Gasteiger partial charge in [0.1, 0.15) is 0 Å². The fourth-order valence-electron chi connectivity index (χ4n) is 2.46. The van der Waals surface area contributed by atoms with Gasteiger partial charge >= 0.3 is 0 Å². The predicted molar refractivity (Wildman–Crippen MR) is 79.8 cm³/mol. The summed E-state index contributed by atoms with van der Waals surface area (Å²) in [7, 11) is 2.68. The molecule has 1 fully saturated rings. The first-order chi connectivity index (χ1) is 8.95. The quantitative estimate of drug-likeness (QED) is 0.665. The van der Waals surface area contributed by atoms with Crippen molar-refractivity contribution < 1.29 is 8.42 Å². The standard InChI is InChI=1S/C13H29N3O2S/c1-14-8-4-5-11-19(17,18)16(3)12-13-6-9-15(2)10-7-13/h13-14H,4-12H2,1-3H3. The fraction of sp³-hybridized carbons (Fsp3) is 1.00. The lowest BCUT2D eigenvalue weighted by Crippen LogP contribution is -2.38. The minimum Gasteiger partial charge on any atom is -0.320 e. The van der Waals surface area contributed by atoms with Crippen molar-refractivity contribution >= 4 is 10.0 Å². The lowest BCUT2D eigenvalue weighted by Gasteiger charge is -2.31. The van der Waals surface area contributed by atoms with Gasteiger partial charge < -0.3 is 10.2 Å². The van der Waals surface area contributed by atoms with Crippen LogP contribution in [0, 0.1) is 5.92 Å². The zero-order valence-corrected chi connectivity index (χ0v) is 13.4. The van der Waals surface area contributed by atoms with Gasteiger partial charge in [0.25, 0.3) is 0 Å². The van der Waals surface area contributed by atoms with Gasteiger partial charge in [-0.1, -0.05) is 0 Å². The molecule has 0 radical (unpaired) electrons. The minimum absolute atomic E-state index is 0.276. The molecule has 19 heavy (non-hydrogen) atoms. The molecule has 1 N–H and O–H groups in total. The van der Waals surface area contributed by atoms with Crippen molar-refractivity contribution in [3.8, 4) is 0 Å². The summed E-state index contributed by atoms with van der Waals surface area (Å²) in [5, 5.41) is 3.04. The van der Waals surface area contributed by atoms with Crippen LogP contribution in [-0.4, -0.2) is 70.7 Å². The Hall–Kier alpha value is -0.170. The highest BCUT2D eigenvalue weighted by Gasteiger charge is 2.23. The van der Waals surface area contributed by atoms with E-state index < -0.39 is 10.0 Å². The molecule has 0 aromatic rings. The van der Waals surface area contributed by atoms with E-state index in [0.29, 0.717) is 12.5 Å². The Kier molecular flexibility index (Phi) is 7.28. The van der Waals surface area contributed by atoms with Gasteiger partial charge in [-0.05, 0) is 65.3 Å². The molecule has 5 nitrogen and oxygen atoms in total. The highest BCUT2D eigenvalue weighted by Crippen LogP contribution is 2.18. The molecule has 0 amide bonds. The van der Waals surface area contributed by atoms with E-state index in [2.05, 4.69) is 17.3 Å². The molecule has 1 aliphatic heterocycles. The zero-order valence-electron chi connectivity index (χ0n) is 12.6. The van der Waals surface area contributed by atoms with Crippen molar-refractivity contribution in [1.82, 2.24) is 14.5 Å². The largest absolute Gasteiger partial charge is 0.320 e. The summed E-state index contributed by atoms with van der Waals surface area (Å²) in [6.45, 7) is 3.73. The van der Waals surface area contributed by atoms with Gasteiger partial charge in [0.15, 0.2) is 0 Å². The number of nitrogens with one attached hydrogen (secondary N) is 1. The van der Waals surface area contributed by atoms with Gasteiger partial charge in [0, 0.05) is 13.6 Å². The minimum atomic E-state index is -3.06. The third-order valence-electron chi connectivity index (χ3n) is 3.91. The molecule has 1 aliphatic rings. The van der Waals surface area contributed by atoms with E-state index in [1.165, 1.54) is 0 Å². The molecular weight excluding hydrogens is 262 g/mol. The normalized spacial score (nSPS) is 19.2. The topological polar surface area (TPSA) is 52.7 Å². The average Bonchev–Trinajstić information content (AvgIpc) is 2.37. The van der Waals surface area contributed by atoms with E-state index in [1.54, 1.807) is 11.4 Å². The Morgan fingerprint density at radius 2 is 1.89 bits per heavy atom. The number of sulfonamides is 1. The number of rotatable bonds is 8. The maximum Gasteiger partial charge on any atom is 0.213 e. The molecule has 0 aliphatic carbocycles. The number of nitrogens with zero attached hydrogens (tertiary/aromatic N) is 2. The summed E-state index contributed by atoms with van der Waals surface area (Å²) in [5.41, 5.74) is 0. The summed E-state index contributed by atoms with van der Waals surface area (Å²) in [5.74, 6) is 0.797. The molecule has 1 heterocycles. The van der Waals surface area contributed by atoms with Crippen LogP contribution in [0.1, 0.15) is 25.7 Å². The van der Waals surface area contributed by atoms with E-state index in [-0.39, 0.29) is 5.75 Å². The summed E-state index contributed by atoms with van der Waals surface area (Å²) in [6, 6.07) is 0. The van der Waals surface area contributed by atoms with Crippen molar-refractivity contribution in [2.24, 2.45) is 5.92 Å². The van der Waals surface area contributed by atoms with E-state index in [1.807, 2.05) is 7.05 Å². The molecule has 1 rings (SSSR count). The molecule has 0 spiro atoms. The molecule has 6 heteroatoms.